The van der Waals surface area contributed by atoms with Gasteiger partial charge in [-0.1, -0.05) is 48.5 Å². The van der Waals surface area contributed by atoms with E-state index in [1.54, 1.807) is 0 Å². The minimum atomic E-state index is 0.341. The quantitative estimate of drug-likeness (QED) is 0.752. The lowest BCUT2D eigenvalue weighted by Crippen LogP contribution is -2.47. The topological polar surface area (TPSA) is 26.8 Å². The Hall–Kier alpha value is -2.33. The van der Waals surface area contributed by atoms with Gasteiger partial charge in [-0.05, 0) is 42.9 Å². The van der Waals surface area contributed by atoms with Gasteiger partial charge in [-0.2, -0.15) is 0 Å². The number of anilines is 1. The fourth-order valence-electron chi connectivity index (χ4n) is 4.61. The van der Waals surface area contributed by atoms with Crippen LogP contribution >= 0.6 is 0 Å². The van der Waals surface area contributed by atoms with Gasteiger partial charge in [0.1, 0.15) is 0 Å². The molecule has 154 valence electrons. The Morgan fingerprint density at radius 3 is 2.07 bits per heavy atom. The van der Waals surface area contributed by atoms with Gasteiger partial charge < -0.3 is 9.80 Å². The molecule has 4 heteroatoms. The molecule has 0 aliphatic carbocycles. The Balaban J connectivity index is 1.15. The summed E-state index contributed by atoms with van der Waals surface area (Å²) in [5.74, 6) is 1.06. The Kier molecular flexibility index (Phi) is 6.83. The summed E-state index contributed by atoms with van der Waals surface area (Å²) in [6, 6.07) is 21.4. The molecule has 4 rings (SSSR count). The molecule has 2 heterocycles. The van der Waals surface area contributed by atoms with Crippen LogP contribution in [0, 0.1) is 5.92 Å². The van der Waals surface area contributed by atoms with E-state index in [2.05, 4.69) is 75.4 Å². The molecule has 0 spiro atoms. The number of rotatable bonds is 6. The van der Waals surface area contributed by atoms with Gasteiger partial charge in [0, 0.05) is 57.9 Å². The maximum atomic E-state index is 12.7. The highest BCUT2D eigenvalue weighted by molar-refractivity contribution is 5.76. The summed E-state index contributed by atoms with van der Waals surface area (Å²) >= 11 is 0. The van der Waals surface area contributed by atoms with E-state index in [0.29, 0.717) is 18.2 Å². The normalized spacial score (nSPS) is 18.8. The zero-order chi connectivity index (χ0) is 19.9. The number of amides is 1. The van der Waals surface area contributed by atoms with Gasteiger partial charge in [0.25, 0.3) is 0 Å². The molecule has 2 fully saturated rings. The van der Waals surface area contributed by atoms with E-state index in [1.165, 1.54) is 11.3 Å². The largest absolute Gasteiger partial charge is 0.369 e. The second-order valence-electron chi connectivity index (χ2n) is 8.43. The molecular formula is C25H33N3O. The second-order valence-corrected chi connectivity index (χ2v) is 8.43. The molecule has 0 aromatic heterocycles. The summed E-state index contributed by atoms with van der Waals surface area (Å²) in [6.45, 7) is 6.93. The molecule has 1 amide bonds. The van der Waals surface area contributed by atoms with Crippen LogP contribution in [-0.2, 0) is 11.2 Å². The number of hydrogen-bond acceptors (Lipinski definition) is 3. The van der Waals surface area contributed by atoms with Crippen molar-refractivity contribution in [3.63, 3.8) is 0 Å². The lowest BCUT2D eigenvalue weighted by Gasteiger charge is -2.37. The molecule has 0 radical (unpaired) electrons. The summed E-state index contributed by atoms with van der Waals surface area (Å²) in [4.78, 5) is 19.7. The summed E-state index contributed by atoms with van der Waals surface area (Å²) in [7, 11) is 0. The third kappa shape index (κ3) is 5.60. The predicted molar refractivity (Wildman–Crippen MR) is 119 cm³/mol. The van der Waals surface area contributed by atoms with Crippen molar-refractivity contribution in [3.8, 4) is 0 Å². The maximum absolute atomic E-state index is 12.7. The average Bonchev–Trinajstić information content (AvgIpc) is 2.80. The van der Waals surface area contributed by atoms with Crippen molar-refractivity contribution in [1.29, 1.82) is 0 Å². The van der Waals surface area contributed by atoms with Crippen LogP contribution < -0.4 is 4.90 Å². The summed E-state index contributed by atoms with van der Waals surface area (Å²) in [5.41, 5.74) is 2.73. The van der Waals surface area contributed by atoms with Gasteiger partial charge >= 0.3 is 0 Å². The third-order valence-corrected chi connectivity index (χ3v) is 6.47. The van der Waals surface area contributed by atoms with E-state index >= 15 is 0 Å². The first-order valence-electron chi connectivity index (χ1n) is 11.1. The fraction of sp³-hybridized carbons (Fsp3) is 0.480. The van der Waals surface area contributed by atoms with E-state index in [4.69, 9.17) is 0 Å². The van der Waals surface area contributed by atoms with Gasteiger partial charge in [-0.3, -0.25) is 9.69 Å². The van der Waals surface area contributed by atoms with E-state index in [1.807, 2.05) is 0 Å². The molecule has 2 aliphatic heterocycles. The van der Waals surface area contributed by atoms with Crippen LogP contribution in [0.4, 0.5) is 5.69 Å². The predicted octanol–water partition coefficient (Wildman–Crippen LogP) is 3.68. The Morgan fingerprint density at radius 2 is 1.41 bits per heavy atom. The van der Waals surface area contributed by atoms with E-state index in [9.17, 15) is 4.79 Å². The zero-order valence-corrected chi connectivity index (χ0v) is 17.4. The highest BCUT2D eigenvalue weighted by atomic mass is 16.2. The Labute approximate surface area is 175 Å². The van der Waals surface area contributed by atoms with E-state index < -0.39 is 0 Å². The molecule has 0 atom stereocenters. The zero-order valence-electron chi connectivity index (χ0n) is 17.4. The monoisotopic (exact) mass is 391 g/mol. The number of likely N-dealkylation sites (tertiary alicyclic amines) is 1. The van der Waals surface area contributed by atoms with Gasteiger partial charge in [0.15, 0.2) is 0 Å². The first-order valence-corrected chi connectivity index (χ1v) is 11.1. The van der Waals surface area contributed by atoms with Gasteiger partial charge in [0.05, 0.1) is 0 Å². The van der Waals surface area contributed by atoms with Gasteiger partial charge in [-0.25, -0.2) is 0 Å². The Bertz CT molecular complexity index is 748. The van der Waals surface area contributed by atoms with E-state index in [0.717, 1.165) is 65.1 Å². The molecule has 4 nitrogen and oxygen atoms in total. The van der Waals surface area contributed by atoms with Crippen molar-refractivity contribution in [1.82, 2.24) is 9.80 Å². The third-order valence-electron chi connectivity index (χ3n) is 6.47. The van der Waals surface area contributed by atoms with Crippen molar-refractivity contribution in [2.75, 3.05) is 50.7 Å². The number of hydrogen-bond donors (Lipinski definition) is 0. The first kappa shape index (κ1) is 20.0. The molecule has 2 aromatic carbocycles. The van der Waals surface area contributed by atoms with Crippen LogP contribution in [-0.4, -0.2) is 61.5 Å². The van der Waals surface area contributed by atoms with Crippen LogP contribution in [0.2, 0.25) is 0 Å². The van der Waals surface area contributed by atoms with Crippen LogP contribution in [0.15, 0.2) is 60.7 Å². The highest BCUT2D eigenvalue weighted by Gasteiger charge is 2.24. The van der Waals surface area contributed by atoms with Crippen LogP contribution in [0.25, 0.3) is 0 Å². The number of carbonyl (C=O) groups excluding carboxylic acids is 1. The molecule has 2 aromatic rings. The van der Waals surface area contributed by atoms with Crippen molar-refractivity contribution in [2.45, 2.75) is 25.7 Å². The number of nitrogens with zero attached hydrogens (tertiary/aromatic N) is 3. The average molecular weight is 392 g/mol. The summed E-state index contributed by atoms with van der Waals surface area (Å²) in [6.07, 6.45) is 4.08. The highest BCUT2D eigenvalue weighted by Crippen LogP contribution is 2.22. The standard InChI is InChI=1S/C25H33N3O/c29-25(28-15-11-23(12-16-28)21-22-7-3-1-4-8-22)13-14-26-17-19-27(20-18-26)24-9-5-2-6-10-24/h1-10,23H,11-21H2. The van der Waals surface area contributed by atoms with Gasteiger partial charge in [0.2, 0.25) is 5.91 Å². The lowest BCUT2D eigenvalue weighted by atomic mass is 9.90. The number of benzene rings is 2. The smallest absolute Gasteiger partial charge is 0.223 e. The van der Waals surface area contributed by atoms with Crippen LogP contribution in [0.5, 0.6) is 0 Å². The number of piperazine rings is 1. The minimum Gasteiger partial charge on any atom is -0.369 e. The lowest BCUT2D eigenvalue weighted by molar-refractivity contribution is -0.132. The molecule has 2 aliphatic rings. The van der Waals surface area contributed by atoms with Crippen LogP contribution in [0.3, 0.4) is 0 Å². The molecule has 0 bridgehead atoms. The van der Waals surface area contributed by atoms with Gasteiger partial charge in [-0.15, -0.1) is 0 Å². The fourth-order valence-corrected chi connectivity index (χ4v) is 4.61. The summed E-state index contributed by atoms with van der Waals surface area (Å²) in [5, 5.41) is 0. The van der Waals surface area contributed by atoms with Crippen molar-refractivity contribution in [2.24, 2.45) is 5.92 Å². The number of piperidine rings is 1. The van der Waals surface area contributed by atoms with E-state index in [-0.39, 0.29) is 0 Å². The molecule has 29 heavy (non-hydrogen) atoms. The van der Waals surface area contributed by atoms with Crippen molar-refractivity contribution in [3.05, 3.63) is 66.2 Å². The maximum Gasteiger partial charge on any atom is 0.223 e. The van der Waals surface area contributed by atoms with Crippen molar-refractivity contribution < 1.29 is 4.79 Å². The first-order chi connectivity index (χ1) is 14.3. The number of para-hydroxylation sites is 1. The molecule has 0 unspecified atom stereocenters. The van der Waals surface area contributed by atoms with Crippen LogP contribution in [0.1, 0.15) is 24.8 Å². The Morgan fingerprint density at radius 1 is 0.793 bits per heavy atom. The molecular weight excluding hydrogens is 358 g/mol. The molecule has 2 saturated heterocycles. The molecule has 0 saturated carbocycles. The summed E-state index contributed by atoms with van der Waals surface area (Å²) < 4.78 is 0. The molecule has 0 N–H and O–H groups in total. The minimum absolute atomic E-state index is 0.341. The van der Waals surface area contributed by atoms with Crippen molar-refractivity contribution >= 4 is 11.6 Å². The SMILES string of the molecule is O=C(CCN1CCN(c2ccccc2)CC1)N1CCC(Cc2ccccc2)CC1. The number of carbonyl (C=O) groups is 1. The second kappa shape index (κ2) is 9.93.